The van der Waals surface area contributed by atoms with Crippen molar-refractivity contribution >= 4 is 46.6 Å². The predicted molar refractivity (Wildman–Crippen MR) is 137 cm³/mol. The molecule has 0 aliphatic heterocycles. The van der Waals surface area contributed by atoms with Gasteiger partial charge in [-0.15, -0.1) is 0 Å². The smallest absolute Gasteiger partial charge is 0.325 e. The van der Waals surface area contributed by atoms with Crippen molar-refractivity contribution in [2.24, 2.45) is 5.73 Å². The van der Waals surface area contributed by atoms with Crippen LogP contribution in [0.25, 0.3) is 0 Å². The highest BCUT2D eigenvalue weighted by atomic mass is 32.1. The minimum Gasteiger partial charge on any atom is -0.465 e. The van der Waals surface area contributed by atoms with Crippen LogP contribution in [0.3, 0.4) is 0 Å². The predicted octanol–water partition coefficient (Wildman–Crippen LogP) is 2.65. The van der Waals surface area contributed by atoms with E-state index in [0.29, 0.717) is 22.8 Å². The Morgan fingerprint density at radius 3 is 2.41 bits per heavy atom. The van der Waals surface area contributed by atoms with E-state index in [-0.39, 0.29) is 28.4 Å². The van der Waals surface area contributed by atoms with Gasteiger partial charge in [0.2, 0.25) is 5.91 Å². The van der Waals surface area contributed by atoms with Gasteiger partial charge < -0.3 is 21.5 Å². The number of carbonyl (C=O) groups is 4. The number of nitrogens with one attached hydrogen (secondary N) is 1. The van der Waals surface area contributed by atoms with Crippen LogP contribution in [0.5, 0.6) is 0 Å². The maximum atomic E-state index is 14.0. The van der Waals surface area contributed by atoms with Crippen LogP contribution in [0.15, 0.2) is 42.5 Å². The third-order valence-electron chi connectivity index (χ3n) is 5.40. The van der Waals surface area contributed by atoms with E-state index in [9.17, 15) is 23.6 Å². The summed E-state index contributed by atoms with van der Waals surface area (Å²) in [4.78, 5) is 52.3. The molecule has 0 aliphatic rings. The number of benzene rings is 2. The fourth-order valence-electron chi connectivity index (χ4n) is 3.61. The van der Waals surface area contributed by atoms with E-state index in [4.69, 9.17) is 16.2 Å². The highest BCUT2D eigenvalue weighted by Gasteiger charge is 2.37. The molecule has 0 saturated heterocycles. The van der Waals surface area contributed by atoms with E-state index in [0.717, 1.165) is 17.7 Å². The molecule has 0 saturated carbocycles. The molecule has 3 amide bonds. The Morgan fingerprint density at radius 2 is 1.81 bits per heavy atom. The molecule has 0 fully saturated rings. The molecule has 3 aromatic rings. The zero-order valence-corrected chi connectivity index (χ0v) is 21.2. The second-order valence-electron chi connectivity index (χ2n) is 8.08. The van der Waals surface area contributed by atoms with Crippen molar-refractivity contribution < 1.29 is 28.3 Å². The van der Waals surface area contributed by atoms with Crippen LogP contribution in [0, 0.1) is 19.7 Å². The van der Waals surface area contributed by atoms with Crippen molar-refractivity contribution in [2.75, 3.05) is 23.8 Å². The Kier molecular flexibility index (Phi) is 8.56. The van der Waals surface area contributed by atoms with Crippen molar-refractivity contribution in [3.8, 4) is 0 Å². The molecule has 3 rings (SSSR count). The maximum Gasteiger partial charge on any atom is 0.325 e. The Labute approximate surface area is 216 Å². The van der Waals surface area contributed by atoms with Crippen molar-refractivity contribution in [1.82, 2.24) is 9.69 Å². The molecule has 0 unspecified atom stereocenters. The van der Waals surface area contributed by atoms with E-state index in [1.807, 2.05) is 13.0 Å². The molecule has 1 aromatic heterocycles. The number of esters is 1. The van der Waals surface area contributed by atoms with E-state index in [1.54, 1.807) is 26.0 Å². The minimum atomic E-state index is -1.36. The number of carbonyl (C=O) groups excluding carboxylic acids is 4. The minimum absolute atomic E-state index is 0.111. The first-order valence-corrected chi connectivity index (χ1v) is 12.0. The average Bonchev–Trinajstić information content (AvgIpc) is 3.25. The molecular formula is C25H26FN5O5S. The number of anilines is 2. The van der Waals surface area contributed by atoms with Gasteiger partial charge in [0.1, 0.15) is 23.3 Å². The summed E-state index contributed by atoms with van der Waals surface area (Å²) in [5, 5.41) is 2.49. The first-order chi connectivity index (χ1) is 17.5. The Hall–Kier alpha value is -4.32. The number of hydrogen-bond acceptors (Lipinski definition) is 8. The number of hydrogen-bond donors (Lipinski definition) is 3. The lowest BCUT2D eigenvalue weighted by molar-refractivity contribution is -0.143. The number of rotatable bonds is 9. The molecule has 0 bridgehead atoms. The molecule has 2 aromatic carbocycles. The molecule has 12 heteroatoms. The highest BCUT2D eigenvalue weighted by molar-refractivity contribution is 7.09. The first-order valence-electron chi connectivity index (χ1n) is 11.2. The molecule has 0 radical (unpaired) electrons. The topological polar surface area (TPSA) is 158 Å². The van der Waals surface area contributed by atoms with Gasteiger partial charge in [-0.3, -0.25) is 24.1 Å². The van der Waals surface area contributed by atoms with E-state index in [1.165, 1.54) is 17.0 Å². The largest absolute Gasteiger partial charge is 0.465 e. The average molecular weight is 528 g/mol. The molecule has 37 heavy (non-hydrogen) atoms. The maximum absolute atomic E-state index is 14.0. The number of primary amides is 1. The zero-order chi connectivity index (χ0) is 27.3. The van der Waals surface area contributed by atoms with Crippen LogP contribution in [0.4, 0.5) is 15.8 Å². The van der Waals surface area contributed by atoms with E-state index >= 15 is 0 Å². The number of ether oxygens (including phenoxy) is 1. The van der Waals surface area contributed by atoms with Crippen LogP contribution >= 0.6 is 11.5 Å². The summed E-state index contributed by atoms with van der Waals surface area (Å²) in [5.74, 6) is -3.59. The number of aromatic nitrogens is 1. The van der Waals surface area contributed by atoms with Gasteiger partial charge >= 0.3 is 5.97 Å². The first kappa shape index (κ1) is 27.3. The lowest BCUT2D eigenvalue weighted by atomic mass is 10.0. The number of nitrogens with two attached hydrogens (primary N) is 2. The summed E-state index contributed by atoms with van der Waals surface area (Å²) in [7, 11) is 0. The summed E-state index contributed by atoms with van der Waals surface area (Å²) in [5.41, 5.74) is 12.9. The number of halogens is 1. The third-order valence-corrected chi connectivity index (χ3v) is 6.25. The van der Waals surface area contributed by atoms with Gasteiger partial charge in [0.25, 0.3) is 11.8 Å². The van der Waals surface area contributed by atoms with Crippen LogP contribution < -0.4 is 21.7 Å². The number of nitrogen functional groups attached to an aromatic ring is 1. The summed E-state index contributed by atoms with van der Waals surface area (Å²) < 4.78 is 22.6. The molecule has 5 N–H and O–H groups in total. The Morgan fingerprint density at radius 1 is 1.14 bits per heavy atom. The molecule has 1 heterocycles. The van der Waals surface area contributed by atoms with Crippen LogP contribution in [0.1, 0.15) is 49.8 Å². The van der Waals surface area contributed by atoms with E-state index < -0.39 is 42.1 Å². The summed E-state index contributed by atoms with van der Waals surface area (Å²) >= 11 is 0.664. The fourth-order valence-corrected chi connectivity index (χ4v) is 4.36. The van der Waals surface area contributed by atoms with Crippen LogP contribution in [-0.2, 0) is 14.3 Å². The number of amides is 3. The molecule has 0 spiro atoms. The lowest BCUT2D eigenvalue weighted by Gasteiger charge is -2.32. The second-order valence-corrected chi connectivity index (χ2v) is 8.85. The van der Waals surface area contributed by atoms with Crippen LogP contribution in [0.2, 0.25) is 0 Å². The van der Waals surface area contributed by atoms with Gasteiger partial charge in [-0.1, -0.05) is 24.3 Å². The molecule has 1 atom stereocenters. The number of nitrogens with zero attached hydrogens (tertiary/aromatic N) is 2. The molecule has 194 valence electrons. The third kappa shape index (κ3) is 6.09. The van der Waals surface area contributed by atoms with Crippen molar-refractivity contribution in [3.05, 3.63) is 75.5 Å². The van der Waals surface area contributed by atoms with E-state index in [2.05, 4.69) is 9.69 Å². The molecular weight excluding hydrogens is 501 g/mol. The second kappa shape index (κ2) is 11.6. The Bertz CT molecular complexity index is 1340. The molecule has 0 aliphatic carbocycles. The zero-order valence-electron chi connectivity index (χ0n) is 20.4. The Balaban J connectivity index is 2.20. The SMILES string of the molecule is CCOC(=O)CNC(=O)[C@@H](c1ccc(F)cc1)N(C(=O)c1snc(C(N)=O)c1N)c1cc(C)ccc1C. The summed E-state index contributed by atoms with van der Waals surface area (Å²) in [6, 6.07) is 8.98. The molecule has 10 nitrogen and oxygen atoms in total. The monoisotopic (exact) mass is 527 g/mol. The standard InChI is InChI=1S/C25H26FN5O5S/c1-4-36-18(32)12-29-24(34)21(15-7-9-16(26)10-8-15)31(17-11-13(2)5-6-14(17)3)25(35)22-19(27)20(23(28)33)30-37-22/h5-11,21H,4,12,27H2,1-3H3,(H2,28,33)(H,29,34)/t21-/m1/s1. The normalized spacial score (nSPS) is 11.5. The van der Waals surface area contributed by atoms with Crippen molar-refractivity contribution in [3.63, 3.8) is 0 Å². The van der Waals surface area contributed by atoms with Crippen molar-refractivity contribution in [1.29, 1.82) is 0 Å². The lowest BCUT2D eigenvalue weighted by Crippen LogP contribution is -2.45. The number of aryl methyl sites for hydroxylation is 2. The van der Waals surface area contributed by atoms with Gasteiger partial charge in [0, 0.05) is 5.69 Å². The summed E-state index contributed by atoms with van der Waals surface area (Å²) in [6.45, 7) is 4.86. The quantitative estimate of drug-likeness (QED) is 0.361. The summed E-state index contributed by atoms with van der Waals surface area (Å²) in [6.07, 6.45) is 0. The van der Waals surface area contributed by atoms with Gasteiger partial charge in [-0.25, -0.2) is 4.39 Å². The highest BCUT2D eigenvalue weighted by Crippen LogP contribution is 2.35. The van der Waals surface area contributed by atoms with Gasteiger partial charge in [-0.05, 0) is 67.2 Å². The fraction of sp³-hybridized carbons (Fsp3) is 0.240. The van der Waals surface area contributed by atoms with Gasteiger partial charge in [-0.2, -0.15) is 4.37 Å². The van der Waals surface area contributed by atoms with Gasteiger partial charge in [0.15, 0.2) is 5.69 Å². The van der Waals surface area contributed by atoms with Crippen molar-refractivity contribution in [2.45, 2.75) is 26.8 Å². The van der Waals surface area contributed by atoms with Crippen LogP contribution in [-0.4, -0.2) is 41.2 Å². The van der Waals surface area contributed by atoms with Gasteiger partial charge in [0.05, 0.1) is 12.3 Å².